The predicted molar refractivity (Wildman–Crippen MR) is 136 cm³/mol. The van der Waals surface area contributed by atoms with Crippen LogP contribution in [0.1, 0.15) is 86.4 Å². The highest BCUT2D eigenvalue weighted by Crippen LogP contribution is 2.16. The molecule has 0 aliphatic heterocycles. The number of rotatable bonds is 16. The Labute approximate surface area is 206 Å². The van der Waals surface area contributed by atoms with Gasteiger partial charge in [0.1, 0.15) is 10.6 Å². The van der Waals surface area contributed by atoms with Crippen LogP contribution in [-0.4, -0.2) is 30.5 Å². The molecule has 0 aliphatic carbocycles. The Morgan fingerprint density at radius 2 is 1.59 bits per heavy atom. The van der Waals surface area contributed by atoms with Crippen molar-refractivity contribution in [1.29, 1.82) is 0 Å². The molecule has 0 radical (unpaired) electrons. The van der Waals surface area contributed by atoms with Gasteiger partial charge in [0.25, 0.3) is 5.91 Å². The molecule has 1 heterocycles. The summed E-state index contributed by atoms with van der Waals surface area (Å²) in [5.74, 6) is -0.481. The summed E-state index contributed by atoms with van der Waals surface area (Å²) < 4.78 is 5.29. The maximum Gasteiger partial charge on any atom is 0.353 e. The molecule has 0 aliphatic rings. The number of carbonyl (C=O) groups is 3. The van der Waals surface area contributed by atoms with Crippen LogP contribution in [0.3, 0.4) is 0 Å². The van der Waals surface area contributed by atoms with Crippen LogP contribution in [-0.2, 0) is 9.59 Å². The molecule has 0 saturated carbocycles. The fraction of sp³-hybridized carbons (Fsp3) is 0.462. The van der Waals surface area contributed by atoms with Crippen LogP contribution in [0, 0.1) is 0 Å². The first kappa shape index (κ1) is 27.2. The van der Waals surface area contributed by atoms with E-state index in [1.54, 1.807) is 36.4 Å². The molecule has 0 spiro atoms. The number of nitrogens with zero attached hydrogens (tertiary/aromatic N) is 1. The Balaban J connectivity index is 1.54. The van der Waals surface area contributed by atoms with Crippen LogP contribution in [0.15, 0.2) is 46.9 Å². The van der Waals surface area contributed by atoms with Crippen LogP contribution in [0.4, 0.5) is 0 Å². The zero-order valence-electron chi connectivity index (χ0n) is 19.9. The van der Waals surface area contributed by atoms with E-state index in [-0.39, 0.29) is 12.5 Å². The predicted octanol–water partition coefficient (Wildman–Crippen LogP) is 5.45. The lowest BCUT2D eigenvalue weighted by Crippen LogP contribution is -2.34. The molecule has 2 N–H and O–H groups in total. The molecule has 34 heavy (non-hydrogen) atoms. The number of ether oxygens (including phenoxy) is 1. The third kappa shape index (κ3) is 11.7. The van der Waals surface area contributed by atoms with Crippen molar-refractivity contribution in [2.24, 2.45) is 5.10 Å². The third-order valence-electron chi connectivity index (χ3n) is 5.17. The van der Waals surface area contributed by atoms with E-state index >= 15 is 0 Å². The Morgan fingerprint density at radius 3 is 2.24 bits per heavy atom. The molecule has 2 amide bonds. The normalized spacial score (nSPS) is 10.9. The molecule has 7 nitrogen and oxygen atoms in total. The van der Waals surface area contributed by atoms with Crippen molar-refractivity contribution in [1.82, 2.24) is 10.7 Å². The van der Waals surface area contributed by atoms with E-state index in [2.05, 4.69) is 22.8 Å². The van der Waals surface area contributed by atoms with Gasteiger partial charge >= 0.3 is 5.97 Å². The number of hydrazone groups is 1. The lowest BCUT2D eigenvalue weighted by molar-refractivity contribution is -0.126. The molecule has 1 aromatic heterocycles. The van der Waals surface area contributed by atoms with Gasteiger partial charge in [0.05, 0.1) is 12.8 Å². The number of thiophene rings is 1. The van der Waals surface area contributed by atoms with Gasteiger partial charge in [-0.15, -0.1) is 11.3 Å². The third-order valence-corrected chi connectivity index (χ3v) is 6.02. The number of unbranched alkanes of at least 4 members (excludes halogenated alkanes) is 8. The highest BCUT2D eigenvalue weighted by atomic mass is 32.1. The van der Waals surface area contributed by atoms with Crippen molar-refractivity contribution in [3.05, 3.63) is 52.2 Å². The fourth-order valence-electron chi connectivity index (χ4n) is 3.26. The van der Waals surface area contributed by atoms with Crippen molar-refractivity contribution in [2.45, 2.75) is 71.1 Å². The first-order valence-electron chi connectivity index (χ1n) is 12.0. The van der Waals surface area contributed by atoms with E-state index in [1.807, 2.05) is 5.38 Å². The molecule has 1 aromatic carbocycles. The number of amides is 2. The second kappa shape index (κ2) is 16.6. The standard InChI is InChI=1S/C26H35N3O4S/c1-2-3-4-5-6-7-8-9-10-13-24(30)27-20-25(31)29-28-19-21-14-16-22(17-15-21)33-26(32)23-12-11-18-34-23/h11-12,14-19H,2-10,13,20H2,1H3,(H,27,30)(H,29,31)/b28-19+. The lowest BCUT2D eigenvalue weighted by atomic mass is 10.1. The second-order valence-corrected chi connectivity index (χ2v) is 9.03. The summed E-state index contributed by atoms with van der Waals surface area (Å²) in [6.07, 6.45) is 12.7. The summed E-state index contributed by atoms with van der Waals surface area (Å²) in [5, 5.41) is 8.33. The van der Waals surface area contributed by atoms with E-state index in [4.69, 9.17) is 4.74 Å². The number of hydrogen-bond acceptors (Lipinski definition) is 6. The van der Waals surface area contributed by atoms with E-state index in [1.165, 1.54) is 56.1 Å². The van der Waals surface area contributed by atoms with Crippen molar-refractivity contribution in [3.8, 4) is 5.75 Å². The van der Waals surface area contributed by atoms with Crippen LogP contribution in [0.5, 0.6) is 5.75 Å². The summed E-state index contributed by atoms with van der Waals surface area (Å²) in [6, 6.07) is 10.2. The molecule has 2 rings (SSSR count). The quantitative estimate of drug-likeness (QED) is 0.109. The van der Waals surface area contributed by atoms with Crippen LogP contribution in [0.25, 0.3) is 0 Å². The largest absolute Gasteiger partial charge is 0.422 e. The molecular formula is C26H35N3O4S. The van der Waals surface area contributed by atoms with Gasteiger partial charge in [0.2, 0.25) is 5.91 Å². The molecule has 0 atom stereocenters. The first-order valence-corrected chi connectivity index (χ1v) is 12.9. The molecule has 0 bridgehead atoms. The number of benzene rings is 1. The van der Waals surface area contributed by atoms with Crippen molar-refractivity contribution >= 4 is 35.3 Å². The number of carbonyl (C=O) groups excluding carboxylic acids is 3. The monoisotopic (exact) mass is 485 g/mol. The summed E-state index contributed by atoms with van der Waals surface area (Å²) in [7, 11) is 0. The van der Waals surface area contributed by atoms with Gasteiger partial charge in [-0.25, -0.2) is 10.2 Å². The van der Waals surface area contributed by atoms with Crippen molar-refractivity contribution in [3.63, 3.8) is 0 Å². The van der Waals surface area contributed by atoms with E-state index in [0.717, 1.165) is 24.8 Å². The molecular weight excluding hydrogens is 450 g/mol. The van der Waals surface area contributed by atoms with Gasteiger partial charge in [-0.3, -0.25) is 9.59 Å². The minimum atomic E-state index is -0.400. The van der Waals surface area contributed by atoms with E-state index in [9.17, 15) is 14.4 Å². The second-order valence-electron chi connectivity index (χ2n) is 8.08. The minimum absolute atomic E-state index is 0.106. The van der Waals surface area contributed by atoms with Gasteiger partial charge in [-0.05, 0) is 47.7 Å². The average molecular weight is 486 g/mol. The molecule has 2 aromatic rings. The summed E-state index contributed by atoms with van der Waals surface area (Å²) in [4.78, 5) is 36.2. The molecule has 184 valence electrons. The number of hydrogen-bond donors (Lipinski definition) is 2. The van der Waals surface area contributed by atoms with Crippen molar-refractivity contribution < 1.29 is 19.1 Å². The molecule has 8 heteroatoms. The Hall–Kier alpha value is -3.00. The van der Waals surface area contributed by atoms with Crippen molar-refractivity contribution in [2.75, 3.05) is 6.54 Å². The molecule has 0 unspecified atom stereocenters. The SMILES string of the molecule is CCCCCCCCCCCC(=O)NCC(=O)N/N=C/c1ccc(OC(=O)c2cccs2)cc1. The van der Waals surface area contributed by atoms with E-state index < -0.39 is 11.9 Å². The average Bonchev–Trinajstić information content (AvgIpc) is 3.38. The van der Waals surface area contributed by atoms with Gasteiger partial charge < -0.3 is 10.1 Å². The van der Waals surface area contributed by atoms with Crippen LogP contribution in [0.2, 0.25) is 0 Å². The van der Waals surface area contributed by atoms with Crippen LogP contribution < -0.4 is 15.5 Å². The summed E-state index contributed by atoms with van der Waals surface area (Å²) in [5.41, 5.74) is 3.12. The summed E-state index contributed by atoms with van der Waals surface area (Å²) >= 11 is 1.32. The highest BCUT2D eigenvalue weighted by molar-refractivity contribution is 7.12. The molecule has 0 fully saturated rings. The van der Waals surface area contributed by atoms with Crippen LogP contribution >= 0.6 is 11.3 Å². The van der Waals surface area contributed by atoms with Gasteiger partial charge in [-0.1, -0.05) is 64.4 Å². The first-order chi connectivity index (χ1) is 16.6. The number of nitrogens with one attached hydrogen (secondary N) is 2. The van der Waals surface area contributed by atoms with Gasteiger partial charge in [0.15, 0.2) is 0 Å². The number of esters is 1. The van der Waals surface area contributed by atoms with Gasteiger partial charge in [-0.2, -0.15) is 5.10 Å². The zero-order chi connectivity index (χ0) is 24.4. The topological polar surface area (TPSA) is 96.9 Å². The Bertz CT molecular complexity index is 895. The maximum absolute atomic E-state index is 11.9. The summed E-state index contributed by atoms with van der Waals surface area (Å²) in [6.45, 7) is 2.11. The minimum Gasteiger partial charge on any atom is -0.422 e. The van der Waals surface area contributed by atoms with Gasteiger partial charge in [0, 0.05) is 6.42 Å². The smallest absolute Gasteiger partial charge is 0.353 e. The Kier molecular flexibility index (Phi) is 13.3. The lowest BCUT2D eigenvalue weighted by Gasteiger charge is -2.05. The fourth-order valence-corrected chi connectivity index (χ4v) is 3.85. The maximum atomic E-state index is 11.9. The van der Waals surface area contributed by atoms with E-state index in [0.29, 0.717) is 17.0 Å². The Morgan fingerprint density at radius 1 is 0.912 bits per heavy atom. The highest BCUT2D eigenvalue weighted by Gasteiger charge is 2.09. The molecule has 0 saturated heterocycles. The zero-order valence-corrected chi connectivity index (χ0v) is 20.7.